The summed E-state index contributed by atoms with van der Waals surface area (Å²) in [6, 6.07) is 55.9. The maximum absolute atomic E-state index is 5.22. The Morgan fingerprint density at radius 2 is 0.922 bits per heavy atom. The third-order valence-corrected chi connectivity index (χ3v) is 12.3. The average molecular weight is 687 g/mol. The molecule has 0 spiro atoms. The van der Waals surface area contributed by atoms with Crippen molar-refractivity contribution in [3.63, 3.8) is 0 Å². The molecule has 0 radical (unpaired) electrons. The van der Waals surface area contributed by atoms with Crippen LogP contribution in [0.5, 0.6) is 0 Å². The molecule has 0 aliphatic carbocycles. The highest BCUT2D eigenvalue weighted by atomic mass is 32.1. The van der Waals surface area contributed by atoms with E-state index in [-0.39, 0.29) is 0 Å². The van der Waals surface area contributed by atoms with Gasteiger partial charge in [-0.15, -0.1) is 22.7 Å². The van der Waals surface area contributed by atoms with Crippen LogP contribution in [0.1, 0.15) is 0 Å². The van der Waals surface area contributed by atoms with Crippen LogP contribution in [0.3, 0.4) is 0 Å². The van der Waals surface area contributed by atoms with Crippen molar-refractivity contribution in [2.24, 2.45) is 0 Å². The number of hydrogen-bond donors (Lipinski definition) is 0. The Hall–Kier alpha value is -6.21. The molecule has 51 heavy (non-hydrogen) atoms. The van der Waals surface area contributed by atoms with E-state index in [4.69, 9.17) is 15.0 Å². The van der Waals surface area contributed by atoms with Gasteiger partial charge in [0, 0.05) is 68.8 Å². The zero-order chi connectivity index (χ0) is 33.5. The van der Waals surface area contributed by atoms with Gasteiger partial charge in [0.2, 0.25) is 0 Å². The molecule has 4 nitrogen and oxygen atoms in total. The fraction of sp³-hybridized carbons (Fsp3) is 0. The topological polar surface area (TPSA) is 43.6 Å². The summed E-state index contributed by atoms with van der Waals surface area (Å²) >= 11 is 3.67. The number of rotatable bonds is 4. The van der Waals surface area contributed by atoms with Gasteiger partial charge >= 0.3 is 0 Å². The number of aromatic nitrogens is 4. The summed E-state index contributed by atoms with van der Waals surface area (Å²) in [7, 11) is 0. The van der Waals surface area contributed by atoms with Gasteiger partial charge in [-0.3, -0.25) is 0 Å². The number of fused-ring (bicyclic) bond motifs is 10. The second-order valence-electron chi connectivity index (χ2n) is 12.8. The molecule has 0 aliphatic heterocycles. The van der Waals surface area contributed by atoms with Gasteiger partial charge in [-0.05, 0) is 30.3 Å². The van der Waals surface area contributed by atoms with Gasteiger partial charge in [-0.1, -0.05) is 127 Å². The van der Waals surface area contributed by atoms with Crippen LogP contribution in [0.15, 0.2) is 158 Å². The average Bonchev–Trinajstić information content (AvgIpc) is 3.88. The molecule has 0 N–H and O–H groups in total. The summed E-state index contributed by atoms with van der Waals surface area (Å²) < 4.78 is 7.45. The van der Waals surface area contributed by atoms with Crippen molar-refractivity contribution in [3.05, 3.63) is 158 Å². The Bertz CT molecular complexity index is 3080. The summed E-state index contributed by atoms with van der Waals surface area (Å²) in [5, 5.41) is 7.49. The van der Waals surface area contributed by atoms with E-state index in [0.29, 0.717) is 17.5 Å². The second-order valence-corrected chi connectivity index (χ2v) is 14.9. The zero-order valence-electron chi connectivity index (χ0n) is 27.1. The van der Waals surface area contributed by atoms with Gasteiger partial charge in [-0.2, -0.15) is 0 Å². The minimum Gasteiger partial charge on any atom is -0.308 e. The van der Waals surface area contributed by atoms with Crippen molar-refractivity contribution < 1.29 is 0 Å². The van der Waals surface area contributed by atoms with Gasteiger partial charge in [0.05, 0.1) is 15.7 Å². The molecular formula is C45H26N4S2. The Balaban J connectivity index is 1.28. The maximum Gasteiger partial charge on any atom is 0.165 e. The van der Waals surface area contributed by atoms with Crippen LogP contribution in [0.25, 0.3) is 102 Å². The van der Waals surface area contributed by atoms with Crippen molar-refractivity contribution in [1.82, 2.24) is 19.5 Å². The number of benzene rings is 7. The summed E-state index contributed by atoms with van der Waals surface area (Å²) in [4.78, 5) is 15.5. The first-order valence-electron chi connectivity index (χ1n) is 16.9. The quantitative estimate of drug-likeness (QED) is 0.185. The lowest BCUT2D eigenvalue weighted by molar-refractivity contribution is 1.07. The normalized spacial score (nSPS) is 11.9. The molecule has 7 aromatic carbocycles. The summed E-state index contributed by atoms with van der Waals surface area (Å²) in [6.45, 7) is 0. The molecule has 0 bridgehead atoms. The largest absolute Gasteiger partial charge is 0.308 e. The van der Waals surface area contributed by atoms with E-state index in [1.165, 1.54) is 57.5 Å². The number of nitrogens with zero attached hydrogens (tertiary/aromatic N) is 4. The smallest absolute Gasteiger partial charge is 0.165 e. The molecule has 6 heteroatoms. The molecule has 0 unspecified atom stereocenters. The van der Waals surface area contributed by atoms with Crippen LogP contribution in [0, 0.1) is 0 Å². The standard InChI is InChI=1S/C45H26N4S2/c1-3-13-27(14-4-1)43-46-44(28-15-5-2-6-16-28)48-45(47-43)36-26-29(25-35-32-19-9-12-22-39(32)50-41(35)36)49-37-20-10-7-17-30(37)33-23-24-34-31-18-8-11-21-38(31)51-42(34)40(33)49/h1-26H. The lowest BCUT2D eigenvalue weighted by Crippen LogP contribution is -2.01. The summed E-state index contributed by atoms with van der Waals surface area (Å²) in [6.07, 6.45) is 0. The summed E-state index contributed by atoms with van der Waals surface area (Å²) in [5.74, 6) is 1.97. The monoisotopic (exact) mass is 686 g/mol. The van der Waals surface area contributed by atoms with E-state index in [9.17, 15) is 0 Å². The minimum absolute atomic E-state index is 0.656. The van der Waals surface area contributed by atoms with Crippen molar-refractivity contribution in [1.29, 1.82) is 0 Å². The van der Waals surface area contributed by atoms with E-state index in [1.54, 1.807) is 11.3 Å². The fourth-order valence-corrected chi connectivity index (χ4v) is 9.97. The number of thiophene rings is 2. The van der Waals surface area contributed by atoms with Gasteiger partial charge in [-0.25, -0.2) is 15.0 Å². The lowest BCUT2D eigenvalue weighted by Gasteiger charge is -2.13. The Kier molecular flexibility index (Phi) is 6.26. The highest BCUT2D eigenvalue weighted by molar-refractivity contribution is 7.27. The first kappa shape index (κ1) is 28.6. The zero-order valence-corrected chi connectivity index (χ0v) is 28.7. The molecule has 4 heterocycles. The molecule has 0 atom stereocenters. The molecule has 0 saturated carbocycles. The van der Waals surface area contributed by atoms with Gasteiger partial charge in [0.15, 0.2) is 17.5 Å². The van der Waals surface area contributed by atoms with Crippen molar-refractivity contribution in [3.8, 4) is 39.9 Å². The van der Waals surface area contributed by atoms with Crippen LogP contribution in [0.2, 0.25) is 0 Å². The van der Waals surface area contributed by atoms with E-state index >= 15 is 0 Å². The Morgan fingerprint density at radius 1 is 0.392 bits per heavy atom. The van der Waals surface area contributed by atoms with Crippen LogP contribution in [-0.2, 0) is 0 Å². The fourth-order valence-electron chi connectivity index (χ4n) is 7.54. The maximum atomic E-state index is 5.22. The van der Waals surface area contributed by atoms with Crippen LogP contribution in [-0.4, -0.2) is 19.5 Å². The third kappa shape index (κ3) is 4.40. The summed E-state index contributed by atoms with van der Waals surface area (Å²) in [5.41, 5.74) is 6.39. The molecule has 0 amide bonds. The molecule has 0 aliphatic rings. The van der Waals surface area contributed by atoms with Crippen LogP contribution < -0.4 is 0 Å². The first-order chi connectivity index (χ1) is 25.3. The van der Waals surface area contributed by atoms with Gasteiger partial charge in [0.25, 0.3) is 0 Å². The van der Waals surface area contributed by atoms with Crippen molar-refractivity contribution in [2.75, 3.05) is 0 Å². The highest BCUT2D eigenvalue weighted by Gasteiger charge is 2.22. The van der Waals surface area contributed by atoms with Crippen molar-refractivity contribution >= 4 is 84.8 Å². The van der Waals surface area contributed by atoms with E-state index < -0.39 is 0 Å². The number of para-hydroxylation sites is 1. The molecular weight excluding hydrogens is 661 g/mol. The van der Waals surface area contributed by atoms with Gasteiger partial charge in [0.1, 0.15) is 0 Å². The van der Waals surface area contributed by atoms with E-state index in [0.717, 1.165) is 27.1 Å². The Morgan fingerprint density at radius 3 is 1.61 bits per heavy atom. The lowest BCUT2D eigenvalue weighted by atomic mass is 10.1. The molecule has 11 aromatic rings. The van der Waals surface area contributed by atoms with E-state index in [1.807, 2.05) is 47.7 Å². The second kappa shape index (κ2) is 11.2. The van der Waals surface area contributed by atoms with Crippen LogP contribution >= 0.6 is 22.7 Å². The molecule has 4 aromatic heterocycles. The highest BCUT2D eigenvalue weighted by Crippen LogP contribution is 2.46. The predicted octanol–water partition coefficient (Wildman–Crippen LogP) is 12.7. The Labute approximate surface area is 300 Å². The molecule has 11 rings (SSSR count). The minimum atomic E-state index is 0.656. The van der Waals surface area contributed by atoms with E-state index in [2.05, 4.69) is 126 Å². The molecule has 0 saturated heterocycles. The molecule has 238 valence electrons. The van der Waals surface area contributed by atoms with Crippen molar-refractivity contribution in [2.45, 2.75) is 0 Å². The first-order valence-corrected chi connectivity index (χ1v) is 18.6. The van der Waals surface area contributed by atoms with Gasteiger partial charge < -0.3 is 4.57 Å². The van der Waals surface area contributed by atoms with Crippen LogP contribution in [0.4, 0.5) is 0 Å². The molecule has 0 fully saturated rings. The number of hydrogen-bond acceptors (Lipinski definition) is 5. The SMILES string of the molecule is c1ccc(-c2nc(-c3ccccc3)nc(-c3cc(-n4c5ccccc5c5ccc6c7ccccc7sc6c54)cc4c3sc3ccccc34)n2)cc1. The third-order valence-electron chi connectivity index (χ3n) is 9.84. The predicted molar refractivity (Wildman–Crippen MR) is 216 cm³/mol.